The zero-order chi connectivity index (χ0) is 11.5. The van der Waals surface area contributed by atoms with E-state index in [1.807, 2.05) is 0 Å². The summed E-state index contributed by atoms with van der Waals surface area (Å²) >= 11 is 13.9. The molecule has 0 spiro atoms. The number of fused-ring (bicyclic) bond motifs is 9. The molecule has 0 aromatic heterocycles. The van der Waals surface area contributed by atoms with Crippen LogP contribution in [0.3, 0.4) is 0 Å². The van der Waals surface area contributed by atoms with Gasteiger partial charge in [0.1, 0.15) is 0 Å². The third-order valence-electron chi connectivity index (χ3n) is 4.50. The summed E-state index contributed by atoms with van der Waals surface area (Å²) in [5, 5.41) is 0. The fraction of sp³-hybridized carbons (Fsp3) is 1.00. The molecule has 3 fully saturated rings. The van der Waals surface area contributed by atoms with Gasteiger partial charge in [0.25, 0.3) is 0 Å². The lowest BCUT2D eigenvalue weighted by atomic mass is 10.3. The minimum Gasteiger partial charge on any atom is -0.167 e. The second-order valence-electron chi connectivity index (χ2n) is 5.92. The maximum absolute atomic E-state index is 6.93. The predicted octanol–water partition coefficient (Wildman–Crippen LogP) is 5.72. The van der Waals surface area contributed by atoms with Crippen LogP contribution in [0.5, 0.6) is 0 Å². The lowest BCUT2D eigenvalue weighted by Gasteiger charge is -2.32. The van der Waals surface area contributed by atoms with Crippen LogP contribution in [-0.4, -0.2) is 14.8 Å². The number of hydrogen-bond acceptors (Lipinski definition) is 0. The van der Waals surface area contributed by atoms with Gasteiger partial charge >= 0.3 is 0 Å². The average molecular weight is 295 g/mol. The Bertz CT molecular complexity index is 175. The van der Waals surface area contributed by atoms with Crippen molar-refractivity contribution < 1.29 is 0 Å². The summed E-state index contributed by atoms with van der Waals surface area (Å²) in [5.74, 6) is 0. The maximum atomic E-state index is 6.93. The van der Waals surface area contributed by atoms with Crippen LogP contribution in [0, 0.1) is 0 Å². The van der Waals surface area contributed by atoms with Crippen LogP contribution in [0.1, 0.15) is 38.5 Å². The standard InChI is InChI=1S/C12H24Cl2Si2/c13-15-7-1-2-8-16(14,11-5-3-9-15)12-6-4-10-15/h1-12H2. The molecule has 0 saturated carbocycles. The Kier molecular flexibility index (Phi) is 4.85. The molecule has 0 N–H and O–H groups in total. The first-order valence-corrected chi connectivity index (χ1v) is 14.3. The molecule has 0 aromatic carbocycles. The molecule has 2 bridgehead atoms. The van der Waals surface area contributed by atoms with Gasteiger partial charge in [-0.3, -0.25) is 0 Å². The van der Waals surface area contributed by atoms with Crippen LogP contribution >= 0.6 is 22.2 Å². The third-order valence-corrected chi connectivity index (χ3v) is 15.4. The molecule has 4 heteroatoms. The average Bonchev–Trinajstić information content (AvgIpc) is 2.27. The van der Waals surface area contributed by atoms with Gasteiger partial charge in [0.2, 0.25) is 0 Å². The van der Waals surface area contributed by atoms with Crippen molar-refractivity contribution >= 4 is 36.9 Å². The van der Waals surface area contributed by atoms with E-state index in [0.717, 1.165) is 0 Å². The van der Waals surface area contributed by atoms with Crippen molar-refractivity contribution in [1.29, 1.82) is 0 Å². The predicted molar refractivity (Wildman–Crippen MR) is 79.8 cm³/mol. The van der Waals surface area contributed by atoms with Crippen molar-refractivity contribution in [3.05, 3.63) is 0 Å². The van der Waals surface area contributed by atoms with E-state index in [1.54, 1.807) is 0 Å². The third kappa shape index (κ3) is 3.76. The number of hydrogen-bond donors (Lipinski definition) is 0. The summed E-state index contributed by atoms with van der Waals surface area (Å²) in [5.41, 5.74) is 0. The van der Waals surface area contributed by atoms with Gasteiger partial charge in [-0.1, -0.05) is 38.5 Å². The Morgan fingerprint density at radius 3 is 0.812 bits per heavy atom. The molecule has 0 radical (unpaired) electrons. The van der Waals surface area contributed by atoms with E-state index in [4.69, 9.17) is 22.2 Å². The lowest BCUT2D eigenvalue weighted by molar-refractivity contribution is 0.748. The molecule has 3 heterocycles. The van der Waals surface area contributed by atoms with Crippen molar-refractivity contribution in [2.24, 2.45) is 0 Å². The molecule has 3 aliphatic rings. The highest BCUT2D eigenvalue weighted by molar-refractivity contribution is 7.21. The molecule has 0 aromatic rings. The summed E-state index contributed by atoms with van der Waals surface area (Å²) in [6.07, 6.45) is 8.23. The monoisotopic (exact) mass is 294 g/mol. The van der Waals surface area contributed by atoms with Gasteiger partial charge in [-0.2, -0.15) is 22.2 Å². The zero-order valence-electron chi connectivity index (χ0n) is 10.2. The summed E-state index contributed by atoms with van der Waals surface area (Å²) in [4.78, 5) is 0. The van der Waals surface area contributed by atoms with Gasteiger partial charge in [-0.05, 0) is 36.3 Å². The lowest BCUT2D eigenvalue weighted by Crippen LogP contribution is -2.32. The van der Waals surface area contributed by atoms with Crippen molar-refractivity contribution in [3.8, 4) is 0 Å². The Morgan fingerprint density at radius 1 is 0.438 bits per heavy atom. The first kappa shape index (κ1) is 13.4. The molecular formula is C12H24Cl2Si2. The Balaban J connectivity index is 2.08. The first-order valence-electron chi connectivity index (χ1n) is 7.00. The van der Waals surface area contributed by atoms with Gasteiger partial charge in [0.05, 0.1) is 0 Å². The van der Waals surface area contributed by atoms with Crippen molar-refractivity contribution in [2.45, 2.75) is 74.8 Å². The van der Waals surface area contributed by atoms with Gasteiger partial charge in [-0.15, -0.1) is 0 Å². The minimum absolute atomic E-state index is 1.35. The van der Waals surface area contributed by atoms with Crippen LogP contribution in [0.4, 0.5) is 0 Å². The van der Waals surface area contributed by atoms with Crippen LogP contribution in [0.15, 0.2) is 0 Å². The molecule has 0 unspecified atom stereocenters. The molecule has 3 saturated heterocycles. The molecule has 3 aliphatic heterocycles. The molecule has 3 rings (SSSR count). The van der Waals surface area contributed by atoms with Crippen LogP contribution < -0.4 is 0 Å². The zero-order valence-corrected chi connectivity index (χ0v) is 13.8. The topological polar surface area (TPSA) is 0 Å². The smallest absolute Gasteiger partial charge is 0.156 e. The Hall–Kier alpha value is 1.01. The van der Waals surface area contributed by atoms with Gasteiger partial charge in [0.15, 0.2) is 14.8 Å². The van der Waals surface area contributed by atoms with E-state index in [1.165, 1.54) is 74.8 Å². The molecule has 16 heavy (non-hydrogen) atoms. The first-order chi connectivity index (χ1) is 7.62. The van der Waals surface area contributed by atoms with E-state index in [0.29, 0.717) is 0 Å². The van der Waals surface area contributed by atoms with Crippen molar-refractivity contribution in [3.63, 3.8) is 0 Å². The van der Waals surface area contributed by atoms with E-state index in [2.05, 4.69) is 0 Å². The normalized spacial score (nSPS) is 42.4. The summed E-state index contributed by atoms with van der Waals surface area (Å²) in [6, 6.07) is 8.23. The molecule has 94 valence electrons. The van der Waals surface area contributed by atoms with Gasteiger partial charge in [0, 0.05) is 0 Å². The van der Waals surface area contributed by atoms with E-state index >= 15 is 0 Å². The highest BCUT2D eigenvalue weighted by atomic mass is 35.6. The number of rotatable bonds is 0. The summed E-state index contributed by atoms with van der Waals surface area (Å²) < 4.78 is 0. The highest BCUT2D eigenvalue weighted by Crippen LogP contribution is 2.40. The second kappa shape index (κ2) is 5.77. The molecule has 0 aliphatic carbocycles. The van der Waals surface area contributed by atoms with E-state index < -0.39 is 14.8 Å². The maximum Gasteiger partial charge on any atom is 0.156 e. The van der Waals surface area contributed by atoms with E-state index in [9.17, 15) is 0 Å². The van der Waals surface area contributed by atoms with Gasteiger partial charge in [-0.25, -0.2) is 0 Å². The summed E-state index contributed by atoms with van der Waals surface area (Å²) in [7, 11) is -2.70. The van der Waals surface area contributed by atoms with E-state index in [-0.39, 0.29) is 0 Å². The van der Waals surface area contributed by atoms with Crippen LogP contribution in [0.2, 0.25) is 36.3 Å². The molecule has 0 nitrogen and oxygen atoms in total. The van der Waals surface area contributed by atoms with Gasteiger partial charge < -0.3 is 0 Å². The number of halogens is 2. The second-order valence-corrected chi connectivity index (χ2v) is 18.3. The van der Waals surface area contributed by atoms with Crippen LogP contribution in [0.25, 0.3) is 0 Å². The SMILES string of the molecule is Cl[Si]12CCCC[Si](Cl)(CCCC1)CCCC2. The fourth-order valence-corrected chi connectivity index (χ4v) is 12.6. The van der Waals surface area contributed by atoms with Crippen molar-refractivity contribution in [2.75, 3.05) is 0 Å². The van der Waals surface area contributed by atoms with Crippen LogP contribution in [-0.2, 0) is 0 Å². The molecule has 0 atom stereocenters. The summed E-state index contributed by atoms with van der Waals surface area (Å²) in [6.45, 7) is 0. The molecule has 0 amide bonds. The molecular weight excluding hydrogens is 271 g/mol. The fourth-order valence-electron chi connectivity index (χ4n) is 3.40. The highest BCUT2D eigenvalue weighted by Gasteiger charge is 2.36. The Morgan fingerprint density at radius 2 is 0.625 bits per heavy atom. The largest absolute Gasteiger partial charge is 0.167 e. The van der Waals surface area contributed by atoms with Crippen molar-refractivity contribution in [1.82, 2.24) is 0 Å². The Labute approximate surface area is 112 Å². The quantitative estimate of drug-likeness (QED) is 0.396. The minimum atomic E-state index is -1.35.